The third-order valence-corrected chi connectivity index (χ3v) is 2.74. The highest BCUT2D eigenvalue weighted by Crippen LogP contribution is 2.26. The zero-order valence-corrected chi connectivity index (χ0v) is 8.70. The second-order valence-electron chi connectivity index (χ2n) is 3.99. The number of nitrogens with one attached hydrogen (secondary N) is 1. The Balaban J connectivity index is 2.53. The second-order valence-corrected chi connectivity index (χ2v) is 3.99. The summed E-state index contributed by atoms with van der Waals surface area (Å²) in [7, 11) is 0. The summed E-state index contributed by atoms with van der Waals surface area (Å²) in [6.45, 7) is 0. The third kappa shape index (κ3) is 3.58. The normalized spacial score (nSPS) is 29.8. The summed E-state index contributed by atoms with van der Waals surface area (Å²) >= 11 is 0. The van der Waals surface area contributed by atoms with E-state index in [9.17, 15) is 27.9 Å². The van der Waals surface area contributed by atoms with E-state index in [0.717, 1.165) is 0 Å². The van der Waals surface area contributed by atoms with Crippen molar-refractivity contribution in [1.82, 2.24) is 5.32 Å². The molecule has 0 unspecified atom stereocenters. The van der Waals surface area contributed by atoms with Gasteiger partial charge in [0, 0.05) is 0 Å². The molecule has 0 saturated heterocycles. The molecule has 3 N–H and O–H groups in total. The molecule has 0 aromatic carbocycles. The molecule has 0 aromatic heterocycles. The zero-order valence-electron chi connectivity index (χ0n) is 8.70. The quantitative estimate of drug-likeness (QED) is 0.661. The Morgan fingerprint density at radius 2 is 1.82 bits per heavy atom. The molecule has 0 spiro atoms. The van der Waals surface area contributed by atoms with Gasteiger partial charge < -0.3 is 15.5 Å². The molecule has 98 valence electrons. The Hall–Kier alpha value is -1.31. The average Bonchev–Trinajstić information content (AvgIpc) is 2.19. The molecule has 1 saturated carbocycles. The molecule has 0 aromatic rings. The smallest absolute Gasteiger partial charge is 0.471 e. The van der Waals surface area contributed by atoms with Crippen LogP contribution in [0.15, 0.2) is 0 Å². The molecule has 1 rings (SSSR count). The highest BCUT2D eigenvalue weighted by molar-refractivity contribution is 5.82. The average molecular weight is 255 g/mol. The fraction of sp³-hybridized carbons (Fsp3) is 0.778. The number of carbonyl (C=O) groups is 2. The number of amides is 1. The van der Waals surface area contributed by atoms with Crippen LogP contribution in [0.1, 0.15) is 19.3 Å². The molecule has 0 radical (unpaired) electrons. The highest BCUT2D eigenvalue weighted by atomic mass is 19.4. The maximum atomic E-state index is 11.9. The number of rotatable bonds is 2. The van der Waals surface area contributed by atoms with Gasteiger partial charge in [0.1, 0.15) is 0 Å². The van der Waals surface area contributed by atoms with Gasteiger partial charge in [-0.3, -0.25) is 9.59 Å². The molecule has 1 aliphatic rings. The number of alkyl halides is 3. The maximum Gasteiger partial charge on any atom is 0.471 e. The Bertz CT molecular complexity index is 318. The van der Waals surface area contributed by atoms with Crippen LogP contribution in [-0.2, 0) is 9.59 Å². The van der Waals surface area contributed by atoms with Gasteiger partial charge in [-0.2, -0.15) is 13.2 Å². The van der Waals surface area contributed by atoms with Crippen molar-refractivity contribution in [3.8, 4) is 0 Å². The lowest BCUT2D eigenvalue weighted by Crippen LogP contribution is -2.51. The van der Waals surface area contributed by atoms with Gasteiger partial charge in [0.05, 0.1) is 18.1 Å². The molecule has 0 aliphatic heterocycles. The summed E-state index contributed by atoms with van der Waals surface area (Å²) < 4.78 is 35.8. The number of carboxylic acids is 1. The van der Waals surface area contributed by atoms with Gasteiger partial charge in [-0.25, -0.2) is 0 Å². The number of hydrogen-bond acceptors (Lipinski definition) is 3. The molecular weight excluding hydrogens is 243 g/mol. The Kier molecular flexibility index (Phi) is 3.97. The molecule has 1 fully saturated rings. The van der Waals surface area contributed by atoms with Gasteiger partial charge in [-0.1, -0.05) is 0 Å². The topological polar surface area (TPSA) is 86.6 Å². The fourth-order valence-corrected chi connectivity index (χ4v) is 1.79. The van der Waals surface area contributed by atoms with E-state index in [4.69, 9.17) is 5.11 Å². The van der Waals surface area contributed by atoms with Crippen LogP contribution in [0, 0.1) is 5.92 Å². The molecule has 3 atom stereocenters. The molecule has 0 bridgehead atoms. The minimum atomic E-state index is -5.00. The second kappa shape index (κ2) is 4.91. The molecular formula is C9H12F3NO4. The fourth-order valence-electron chi connectivity index (χ4n) is 1.79. The number of hydrogen-bond donors (Lipinski definition) is 3. The third-order valence-electron chi connectivity index (χ3n) is 2.74. The van der Waals surface area contributed by atoms with Crippen molar-refractivity contribution < 1.29 is 33.0 Å². The van der Waals surface area contributed by atoms with Crippen LogP contribution in [0.5, 0.6) is 0 Å². The summed E-state index contributed by atoms with van der Waals surface area (Å²) in [4.78, 5) is 21.2. The summed E-state index contributed by atoms with van der Waals surface area (Å²) in [5.41, 5.74) is 0. The predicted molar refractivity (Wildman–Crippen MR) is 49.0 cm³/mol. The van der Waals surface area contributed by atoms with Crippen LogP contribution < -0.4 is 5.32 Å². The lowest BCUT2D eigenvalue weighted by Gasteiger charge is -2.31. The van der Waals surface area contributed by atoms with Crippen molar-refractivity contribution in [3.63, 3.8) is 0 Å². The van der Waals surface area contributed by atoms with E-state index >= 15 is 0 Å². The predicted octanol–water partition coefficient (Wildman–Crippen LogP) is 0.279. The van der Waals surface area contributed by atoms with Crippen molar-refractivity contribution in [1.29, 1.82) is 0 Å². The van der Waals surface area contributed by atoms with Gasteiger partial charge in [0.15, 0.2) is 0 Å². The van der Waals surface area contributed by atoms with Crippen LogP contribution in [0.4, 0.5) is 13.2 Å². The summed E-state index contributed by atoms with van der Waals surface area (Å²) in [6, 6.07) is -1.04. The van der Waals surface area contributed by atoms with Crippen molar-refractivity contribution in [2.75, 3.05) is 0 Å². The maximum absolute atomic E-state index is 11.9. The van der Waals surface area contributed by atoms with Crippen molar-refractivity contribution in [2.24, 2.45) is 5.92 Å². The van der Waals surface area contributed by atoms with E-state index < -0.39 is 36.1 Å². The van der Waals surface area contributed by atoms with Gasteiger partial charge in [0.2, 0.25) is 0 Å². The van der Waals surface area contributed by atoms with Crippen molar-refractivity contribution >= 4 is 11.9 Å². The monoisotopic (exact) mass is 255 g/mol. The van der Waals surface area contributed by atoms with Crippen LogP contribution in [0.3, 0.4) is 0 Å². The largest absolute Gasteiger partial charge is 0.481 e. The lowest BCUT2D eigenvalue weighted by atomic mass is 9.84. The number of aliphatic hydroxyl groups excluding tert-OH is 1. The van der Waals surface area contributed by atoms with Gasteiger partial charge in [-0.15, -0.1) is 0 Å². The van der Waals surface area contributed by atoms with E-state index in [0.29, 0.717) is 0 Å². The van der Waals surface area contributed by atoms with E-state index in [-0.39, 0.29) is 19.3 Å². The summed E-state index contributed by atoms with van der Waals surface area (Å²) in [5, 5.41) is 19.8. The van der Waals surface area contributed by atoms with Crippen molar-refractivity contribution in [3.05, 3.63) is 0 Å². The van der Waals surface area contributed by atoms with E-state index in [1.807, 2.05) is 0 Å². The molecule has 17 heavy (non-hydrogen) atoms. The van der Waals surface area contributed by atoms with E-state index in [1.54, 1.807) is 5.32 Å². The first-order chi connectivity index (χ1) is 7.71. The van der Waals surface area contributed by atoms with Gasteiger partial charge >= 0.3 is 18.1 Å². The standard InChI is InChI=1S/C9H12F3NO4/c10-9(11,12)8(17)13-5-2-1-4(7(15)16)3-6(5)14/h4-6,14H,1-3H2,(H,13,17)(H,15,16)/t4-,5+,6+/m0/s1. The lowest BCUT2D eigenvalue weighted by molar-refractivity contribution is -0.175. The van der Waals surface area contributed by atoms with E-state index in [1.165, 1.54) is 0 Å². The number of carbonyl (C=O) groups excluding carboxylic acids is 1. The number of halogens is 3. The zero-order chi connectivity index (χ0) is 13.2. The SMILES string of the molecule is O=C(O)[C@H]1CC[C@@H](NC(=O)C(F)(F)F)[C@H](O)C1. The van der Waals surface area contributed by atoms with Crippen LogP contribution in [0.25, 0.3) is 0 Å². The highest BCUT2D eigenvalue weighted by Gasteiger charge is 2.42. The Morgan fingerprint density at radius 1 is 1.24 bits per heavy atom. The molecule has 1 aliphatic carbocycles. The first-order valence-corrected chi connectivity index (χ1v) is 5.00. The number of aliphatic carboxylic acids is 1. The Labute approximate surface area is 94.6 Å². The molecule has 1 amide bonds. The molecule has 5 nitrogen and oxygen atoms in total. The minimum absolute atomic E-state index is 0.0138. The van der Waals surface area contributed by atoms with Crippen LogP contribution in [0.2, 0.25) is 0 Å². The molecule has 8 heteroatoms. The minimum Gasteiger partial charge on any atom is -0.481 e. The van der Waals surface area contributed by atoms with Crippen molar-refractivity contribution in [2.45, 2.75) is 37.6 Å². The number of aliphatic hydroxyl groups is 1. The first-order valence-electron chi connectivity index (χ1n) is 5.00. The summed E-state index contributed by atoms with van der Waals surface area (Å²) in [6.07, 6.45) is -6.27. The molecule has 0 heterocycles. The summed E-state index contributed by atoms with van der Waals surface area (Å²) in [5.74, 6) is -3.98. The first kappa shape index (κ1) is 13.8. The van der Waals surface area contributed by atoms with E-state index in [2.05, 4.69) is 0 Å². The van der Waals surface area contributed by atoms with Gasteiger partial charge in [-0.05, 0) is 19.3 Å². The van der Waals surface area contributed by atoms with Crippen LogP contribution >= 0.6 is 0 Å². The number of carboxylic acid groups (broad SMARTS) is 1. The van der Waals surface area contributed by atoms with Crippen LogP contribution in [-0.4, -0.2) is 40.4 Å². The van der Waals surface area contributed by atoms with Gasteiger partial charge in [0.25, 0.3) is 0 Å². The Morgan fingerprint density at radius 3 is 2.24 bits per heavy atom.